The smallest absolute Gasteiger partial charge is 0.186 e. The van der Waals surface area contributed by atoms with Crippen LogP contribution < -0.4 is 5.32 Å². The van der Waals surface area contributed by atoms with E-state index < -0.39 is 12.6 Å². The van der Waals surface area contributed by atoms with E-state index in [1.807, 2.05) is 0 Å². The average Bonchev–Trinajstić information content (AvgIpc) is 2.15. The Labute approximate surface area is 75.6 Å². The highest BCUT2D eigenvalue weighted by Crippen LogP contribution is 2.29. The normalized spacial score (nSPS) is 27.9. The van der Waals surface area contributed by atoms with Crippen molar-refractivity contribution >= 4 is 5.69 Å². The standard InChI is InChI=1S/C8H11N3O2/c1-11-7(12)5-2-3-9-4-6(5)10-8(11)13/h2-4,7-8,10,12-13H,1H3. The second-order valence-electron chi connectivity index (χ2n) is 3.02. The van der Waals surface area contributed by atoms with Gasteiger partial charge in [-0.3, -0.25) is 4.98 Å². The number of fused-ring (bicyclic) bond motifs is 1. The number of pyridine rings is 1. The summed E-state index contributed by atoms with van der Waals surface area (Å²) in [5.74, 6) is 0. The lowest BCUT2D eigenvalue weighted by molar-refractivity contribution is -0.0808. The number of nitrogens with one attached hydrogen (secondary N) is 1. The fraction of sp³-hybridized carbons (Fsp3) is 0.375. The molecule has 2 rings (SSSR count). The maximum atomic E-state index is 9.70. The van der Waals surface area contributed by atoms with Crippen molar-refractivity contribution in [3.8, 4) is 0 Å². The molecule has 70 valence electrons. The Balaban J connectivity index is 2.43. The zero-order chi connectivity index (χ0) is 9.42. The summed E-state index contributed by atoms with van der Waals surface area (Å²) in [5.41, 5.74) is 1.39. The van der Waals surface area contributed by atoms with Gasteiger partial charge in [-0.2, -0.15) is 0 Å². The van der Waals surface area contributed by atoms with Gasteiger partial charge in [-0.25, -0.2) is 4.90 Å². The second-order valence-corrected chi connectivity index (χ2v) is 3.02. The lowest BCUT2D eigenvalue weighted by Crippen LogP contribution is -2.44. The summed E-state index contributed by atoms with van der Waals surface area (Å²) >= 11 is 0. The largest absolute Gasteiger partial charge is 0.374 e. The van der Waals surface area contributed by atoms with Crippen molar-refractivity contribution in [2.45, 2.75) is 12.6 Å². The predicted octanol–water partition coefficient (Wildman–Crippen LogP) is -0.294. The quantitative estimate of drug-likeness (QED) is 0.513. The van der Waals surface area contributed by atoms with Crippen LogP contribution in [-0.2, 0) is 0 Å². The fourth-order valence-corrected chi connectivity index (χ4v) is 1.35. The van der Waals surface area contributed by atoms with Gasteiger partial charge in [0, 0.05) is 11.8 Å². The molecule has 2 heterocycles. The third kappa shape index (κ3) is 1.27. The summed E-state index contributed by atoms with van der Waals surface area (Å²) < 4.78 is 0. The van der Waals surface area contributed by atoms with Crippen molar-refractivity contribution in [2.24, 2.45) is 0 Å². The van der Waals surface area contributed by atoms with Crippen LogP contribution in [0.3, 0.4) is 0 Å². The molecule has 1 aliphatic rings. The highest BCUT2D eigenvalue weighted by molar-refractivity contribution is 5.51. The molecule has 0 radical (unpaired) electrons. The number of nitrogens with zero attached hydrogens (tertiary/aromatic N) is 2. The Morgan fingerprint density at radius 2 is 2.31 bits per heavy atom. The van der Waals surface area contributed by atoms with E-state index in [0.717, 1.165) is 5.56 Å². The van der Waals surface area contributed by atoms with Crippen LogP contribution in [0, 0.1) is 0 Å². The molecule has 5 nitrogen and oxygen atoms in total. The SMILES string of the molecule is CN1C(O)Nc2cnccc2C1O. The van der Waals surface area contributed by atoms with E-state index in [0.29, 0.717) is 5.69 Å². The summed E-state index contributed by atoms with van der Waals surface area (Å²) in [6.07, 6.45) is 1.53. The van der Waals surface area contributed by atoms with Crippen molar-refractivity contribution in [3.05, 3.63) is 24.0 Å². The minimum Gasteiger partial charge on any atom is -0.374 e. The Morgan fingerprint density at radius 1 is 1.54 bits per heavy atom. The van der Waals surface area contributed by atoms with E-state index in [4.69, 9.17) is 0 Å². The van der Waals surface area contributed by atoms with Crippen LogP contribution in [-0.4, -0.2) is 33.5 Å². The van der Waals surface area contributed by atoms with Crippen LogP contribution in [0.4, 0.5) is 5.69 Å². The maximum Gasteiger partial charge on any atom is 0.186 e. The lowest BCUT2D eigenvalue weighted by atomic mass is 10.1. The van der Waals surface area contributed by atoms with E-state index in [1.54, 1.807) is 25.5 Å². The van der Waals surface area contributed by atoms with Crippen LogP contribution >= 0.6 is 0 Å². The van der Waals surface area contributed by atoms with E-state index in [9.17, 15) is 10.2 Å². The molecule has 1 aromatic rings. The third-order valence-corrected chi connectivity index (χ3v) is 2.19. The highest BCUT2D eigenvalue weighted by Gasteiger charge is 2.28. The fourth-order valence-electron chi connectivity index (χ4n) is 1.35. The van der Waals surface area contributed by atoms with Crippen LogP contribution in [0.5, 0.6) is 0 Å². The number of aliphatic hydroxyl groups is 2. The molecule has 2 unspecified atom stereocenters. The van der Waals surface area contributed by atoms with Crippen molar-refractivity contribution in [3.63, 3.8) is 0 Å². The van der Waals surface area contributed by atoms with E-state index in [2.05, 4.69) is 10.3 Å². The van der Waals surface area contributed by atoms with Crippen LogP contribution in [0.25, 0.3) is 0 Å². The molecule has 1 aliphatic heterocycles. The maximum absolute atomic E-state index is 9.70. The number of anilines is 1. The summed E-state index contributed by atoms with van der Waals surface area (Å²) in [5, 5.41) is 21.9. The van der Waals surface area contributed by atoms with Gasteiger partial charge >= 0.3 is 0 Å². The molecular formula is C8H11N3O2. The van der Waals surface area contributed by atoms with Crippen molar-refractivity contribution in [1.82, 2.24) is 9.88 Å². The summed E-state index contributed by atoms with van der Waals surface area (Å²) in [4.78, 5) is 5.31. The first-order chi connectivity index (χ1) is 6.20. The molecule has 0 saturated heterocycles. The van der Waals surface area contributed by atoms with Crippen molar-refractivity contribution < 1.29 is 10.2 Å². The molecule has 0 bridgehead atoms. The monoisotopic (exact) mass is 181 g/mol. The van der Waals surface area contributed by atoms with Gasteiger partial charge < -0.3 is 15.5 Å². The molecule has 0 fully saturated rings. The van der Waals surface area contributed by atoms with Gasteiger partial charge in [0.05, 0.1) is 11.9 Å². The molecule has 0 amide bonds. The zero-order valence-corrected chi connectivity index (χ0v) is 7.18. The Morgan fingerprint density at radius 3 is 3.08 bits per heavy atom. The minimum atomic E-state index is -0.869. The highest BCUT2D eigenvalue weighted by atomic mass is 16.3. The van der Waals surface area contributed by atoms with E-state index >= 15 is 0 Å². The number of aromatic nitrogens is 1. The minimum absolute atomic E-state index is 0.667. The molecule has 3 N–H and O–H groups in total. The average molecular weight is 181 g/mol. The van der Waals surface area contributed by atoms with Crippen LogP contribution in [0.15, 0.2) is 18.5 Å². The second kappa shape index (κ2) is 2.95. The van der Waals surface area contributed by atoms with E-state index in [1.165, 1.54) is 4.90 Å². The van der Waals surface area contributed by atoms with Gasteiger partial charge in [0.25, 0.3) is 0 Å². The summed E-state index contributed by atoms with van der Waals surface area (Å²) in [6.45, 7) is 0. The Bertz CT molecular complexity index is 318. The van der Waals surface area contributed by atoms with Gasteiger partial charge in [-0.15, -0.1) is 0 Å². The zero-order valence-electron chi connectivity index (χ0n) is 7.18. The molecule has 0 aromatic carbocycles. The molecule has 0 spiro atoms. The molecule has 0 aliphatic carbocycles. The van der Waals surface area contributed by atoms with Gasteiger partial charge in [-0.05, 0) is 13.1 Å². The number of hydrogen-bond donors (Lipinski definition) is 3. The topological polar surface area (TPSA) is 68.6 Å². The molecule has 0 saturated carbocycles. The van der Waals surface area contributed by atoms with Gasteiger partial charge in [0.2, 0.25) is 0 Å². The number of aliphatic hydroxyl groups excluding tert-OH is 2. The third-order valence-electron chi connectivity index (χ3n) is 2.19. The Kier molecular flexibility index (Phi) is 1.91. The molecular weight excluding hydrogens is 170 g/mol. The number of hydrogen-bond acceptors (Lipinski definition) is 5. The molecule has 2 atom stereocenters. The summed E-state index contributed by atoms with van der Waals surface area (Å²) in [6, 6.07) is 1.72. The van der Waals surface area contributed by atoms with Gasteiger partial charge in [-0.1, -0.05) is 0 Å². The van der Waals surface area contributed by atoms with E-state index in [-0.39, 0.29) is 0 Å². The van der Waals surface area contributed by atoms with Crippen molar-refractivity contribution in [1.29, 1.82) is 0 Å². The molecule has 13 heavy (non-hydrogen) atoms. The first-order valence-corrected chi connectivity index (χ1v) is 3.98. The summed E-state index contributed by atoms with van der Waals surface area (Å²) in [7, 11) is 1.63. The Hall–Kier alpha value is -1.17. The predicted molar refractivity (Wildman–Crippen MR) is 46.6 cm³/mol. The van der Waals surface area contributed by atoms with Gasteiger partial charge in [0.1, 0.15) is 6.23 Å². The molecule has 1 aromatic heterocycles. The van der Waals surface area contributed by atoms with Gasteiger partial charge in [0.15, 0.2) is 6.35 Å². The van der Waals surface area contributed by atoms with Crippen LogP contribution in [0.1, 0.15) is 11.8 Å². The molecule has 5 heteroatoms. The first kappa shape index (κ1) is 8.43. The number of rotatable bonds is 0. The van der Waals surface area contributed by atoms with Crippen molar-refractivity contribution in [2.75, 3.05) is 12.4 Å². The van der Waals surface area contributed by atoms with Crippen LogP contribution in [0.2, 0.25) is 0 Å². The lowest BCUT2D eigenvalue weighted by Gasteiger charge is -2.35. The first-order valence-electron chi connectivity index (χ1n) is 3.98.